The Morgan fingerprint density at radius 3 is 2.10 bits per heavy atom. The topological polar surface area (TPSA) is 78.9 Å². The first-order chi connectivity index (χ1) is 9.79. The Kier molecular flexibility index (Phi) is 5.75. The summed E-state index contributed by atoms with van der Waals surface area (Å²) in [6.07, 6.45) is 1.51. The summed E-state index contributed by atoms with van der Waals surface area (Å²) in [5, 5.41) is 0. The number of methoxy groups -OCH3 is 3. The fourth-order valence-electron chi connectivity index (χ4n) is 3.32. The lowest BCUT2D eigenvalue weighted by Gasteiger charge is -2.33. The normalized spacial score (nSPS) is 25.3. The van der Waals surface area contributed by atoms with Crippen LogP contribution < -0.4 is 0 Å². The average molecular weight is 300 g/mol. The third-order valence-corrected chi connectivity index (χ3v) is 4.56. The molecule has 1 aliphatic rings. The van der Waals surface area contributed by atoms with Crippen molar-refractivity contribution in [2.45, 2.75) is 33.1 Å². The van der Waals surface area contributed by atoms with Crippen LogP contribution in [-0.4, -0.2) is 39.2 Å². The minimum absolute atomic E-state index is 0.157. The molecule has 0 aromatic carbocycles. The zero-order valence-electron chi connectivity index (χ0n) is 13.3. The summed E-state index contributed by atoms with van der Waals surface area (Å²) in [4.78, 5) is 35.6. The van der Waals surface area contributed by atoms with Gasteiger partial charge in [0.1, 0.15) is 0 Å². The molecule has 6 heteroatoms. The van der Waals surface area contributed by atoms with Crippen LogP contribution in [0.5, 0.6) is 0 Å². The standard InChI is InChI=1S/C15H24O6/c1-15(2,14(18)21-5)10-7-6-9(8-11(16)19-3)12(10)13(17)20-4/h9-10,12H,6-8H2,1-5H3/t9-,10+,12-/m0/s1. The molecule has 0 aliphatic heterocycles. The molecule has 0 radical (unpaired) electrons. The SMILES string of the molecule is COC(=O)C[C@@H]1CC[C@@H](C(C)(C)C(=O)OC)[C@H]1C(=O)OC. The van der Waals surface area contributed by atoms with Crippen LogP contribution in [0.15, 0.2) is 0 Å². The molecule has 0 bridgehead atoms. The molecule has 1 rings (SSSR count). The third kappa shape index (κ3) is 3.54. The summed E-state index contributed by atoms with van der Waals surface area (Å²) in [6, 6.07) is 0. The van der Waals surface area contributed by atoms with Gasteiger partial charge in [0.05, 0.1) is 32.7 Å². The van der Waals surface area contributed by atoms with Crippen molar-refractivity contribution in [2.75, 3.05) is 21.3 Å². The lowest BCUT2D eigenvalue weighted by Crippen LogP contribution is -2.40. The second-order valence-corrected chi connectivity index (χ2v) is 5.99. The number of carbonyl (C=O) groups excluding carboxylic acids is 3. The Hall–Kier alpha value is -1.59. The Labute approximate surface area is 125 Å². The van der Waals surface area contributed by atoms with Gasteiger partial charge in [0.2, 0.25) is 0 Å². The minimum atomic E-state index is -0.807. The molecule has 21 heavy (non-hydrogen) atoms. The molecule has 1 fully saturated rings. The van der Waals surface area contributed by atoms with Gasteiger partial charge in [-0.1, -0.05) is 0 Å². The maximum atomic E-state index is 12.1. The van der Waals surface area contributed by atoms with E-state index in [-0.39, 0.29) is 36.2 Å². The molecule has 0 N–H and O–H groups in total. The van der Waals surface area contributed by atoms with Crippen molar-refractivity contribution >= 4 is 17.9 Å². The van der Waals surface area contributed by atoms with E-state index in [0.29, 0.717) is 12.8 Å². The number of carbonyl (C=O) groups is 3. The Morgan fingerprint density at radius 2 is 1.62 bits per heavy atom. The second-order valence-electron chi connectivity index (χ2n) is 5.99. The van der Waals surface area contributed by atoms with Crippen LogP contribution in [0.25, 0.3) is 0 Å². The van der Waals surface area contributed by atoms with Crippen LogP contribution in [0.1, 0.15) is 33.1 Å². The van der Waals surface area contributed by atoms with E-state index < -0.39 is 11.3 Å². The molecule has 0 spiro atoms. The Bertz CT molecular complexity index is 414. The van der Waals surface area contributed by atoms with Crippen molar-refractivity contribution in [1.29, 1.82) is 0 Å². The van der Waals surface area contributed by atoms with Gasteiger partial charge in [0, 0.05) is 6.42 Å². The van der Waals surface area contributed by atoms with E-state index in [4.69, 9.17) is 9.47 Å². The van der Waals surface area contributed by atoms with Gasteiger partial charge in [-0.05, 0) is 38.5 Å². The molecule has 1 aliphatic carbocycles. The molecule has 0 unspecified atom stereocenters. The smallest absolute Gasteiger partial charge is 0.311 e. The number of hydrogen-bond donors (Lipinski definition) is 0. The summed E-state index contributed by atoms with van der Waals surface area (Å²) in [5.41, 5.74) is -0.807. The predicted octanol–water partition coefficient (Wildman–Crippen LogP) is 1.56. The number of rotatable bonds is 5. The average Bonchev–Trinajstić information content (AvgIpc) is 2.89. The van der Waals surface area contributed by atoms with Crippen LogP contribution in [0, 0.1) is 23.2 Å². The molecule has 0 amide bonds. The summed E-state index contributed by atoms with van der Waals surface area (Å²) in [7, 11) is 3.97. The molecular weight excluding hydrogens is 276 g/mol. The van der Waals surface area contributed by atoms with Crippen molar-refractivity contribution in [1.82, 2.24) is 0 Å². The quantitative estimate of drug-likeness (QED) is 0.566. The zero-order valence-corrected chi connectivity index (χ0v) is 13.3. The number of esters is 3. The highest BCUT2D eigenvalue weighted by Crippen LogP contribution is 2.49. The maximum Gasteiger partial charge on any atom is 0.311 e. The van der Waals surface area contributed by atoms with Gasteiger partial charge in [0.25, 0.3) is 0 Å². The predicted molar refractivity (Wildman–Crippen MR) is 74.2 cm³/mol. The van der Waals surface area contributed by atoms with Crippen LogP contribution in [-0.2, 0) is 28.6 Å². The van der Waals surface area contributed by atoms with E-state index in [9.17, 15) is 14.4 Å². The first kappa shape index (κ1) is 17.5. The minimum Gasteiger partial charge on any atom is -0.469 e. The van der Waals surface area contributed by atoms with Gasteiger partial charge in [-0.15, -0.1) is 0 Å². The Morgan fingerprint density at radius 1 is 1.00 bits per heavy atom. The van der Waals surface area contributed by atoms with Crippen LogP contribution in [0.3, 0.4) is 0 Å². The van der Waals surface area contributed by atoms with Crippen molar-refractivity contribution in [3.63, 3.8) is 0 Å². The van der Waals surface area contributed by atoms with E-state index in [1.54, 1.807) is 13.8 Å². The number of ether oxygens (including phenoxy) is 3. The van der Waals surface area contributed by atoms with E-state index >= 15 is 0 Å². The maximum absolute atomic E-state index is 12.1. The van der Waals surface area contributed by atoms with Gasteiger partial charge in [-0.3, -0.25) is 14.4 Å². The van der Waals surface area contributed by atoms with E-state index in [0.717, 1.165) is 0 Å². The molecule has 0 aromatic rings. The summed E-state index contributed by atoms with van der Waals surface area (Å²) >= 11 is 0. The van der Waals surface area contributed by atoms with Crippen molar-refractivity contribution in [3.8, 4) is 0 Å². The summed E-state index contributed by atoms with van der Waals surface area (Å²) < 4.78 is 14.4. The van der Waals surface area contributed by atoms with Crippen molar-refractivity contribution in [3.05, 3.63) is 0 Å². The highest BCUT2D eigenvalue weighted by Gasteiger charge is 2.52. The number of hydrogen-bond acceptors (Lipinski definition) is 6. The van der Waals surface area contributed by atoms with Gasteiger partial charge >= 0.3 is 17.9 Å². The van der Waals surface area contributed by atoms with E-state index in [1.165, 1.54) is 21.3 Å². The monoisotopic (exact) mass is 300 g/mol. The highest BCUT2D eigenvalue weighted by molar-refractivity contribution is 5.80. The molecule has 6 nitrogen and oxygen atoms in total. The molecule has 0 saturated heterocycles. The zero-order chi connectivity index (χ0) is 16.2. The molecule has 0 aromatic heterocycles. The molecular formula is C15H24O6. The third-order valence-electron chi connectivity index (χ3n) is 4.56. The lowest BCUT2D eigenvalue weighted by molar-refractivity contribution is -0.159. The van der Waals surface area contributed by atoms with Gasteiger partial charge in [-0.25, -0.2) is 0 Å². The molecule has 120 valence electrons. The van der Waals surface area contributed by atoms with E-state index in [1.807, 2.05) is 0 Å². The van der Waals surface area contributed by atoms with E-state index in [2.05, 4.69) is 4.74 Å². The van der Waals surface area contributed by atoms with Crippen molar-refractivity contribution < 1.29 is 28.6 Å². The molecule has 1 saturated carbocycles. The van der Waals surface area contributed by atoms with Crippen LogP contribution >= 0.6 is 0 Å². The van der Waals surface area contributed by atoms with Gasteiger partial charge in [-0.2, -0.15) is 0 Å². The fraction of sp³-hybridized carbons (Fsp3) is 0.800. The first-order valence-electron chi connectivity index (χ1n) is 7.02. The molecule has 0 heterocycles. The van der Waals surface area contributed by atoms with Gasteiger partial charge in [0.15, 0.2) is 0 Å². The van der Waals surface area contributed by atoms with Crippen molar-refractivity contribution in [2.24, 2.45) is 23.2 Å². The summed E-state index contributed by atoms with van der Waals surface area (Å²) in [6.45, 7) is 3.53. The van der Waals surface area contributed by atoms with Crippen LogP contribution in [0.4, 0.5) is 0 Å². The largest absolute Gasteiger partial charge is 0.469 e. The molecule has 3 atom stereocenters. The lowest BCUT2D eigenvalue weighted by atomic mass is 9.71. The van der Waals surface area contributed by atoms with Gasteiger partial charge < -0.3 is 14.2 Å². The highest BCUT2D eigenvalue weighted by atomic mass is 16.5. The first-order valence-corrected chi connectivity index (χ1v) is 7.02. The second kappa shape index (κ2) is 6.91. The Balaban J connectivity index is 3.02. The fourth-order valence-corrected chi connectivity index (χ4v) is 3.32. The van der Waals surface area contributed by atoms with Crippen LogP contribution in [0.2, 0.25) is 0 Å². The summed E-state index contributed by atoms with van der Waals surface area (Å²) in [5.74, 6) is -1.98.